The van der Waals surface area contributed by atoms with E-state index in [1.54, 1.807) is 60.6 Å². The molecule has 50 heavy (non-hydrogen) atoms. The highest BCUT2D eigenvalue weighted by Gasteiger charge is 2.30. The van der Waals surface area contributed by atoms with Crippen LogP contribution in [0.1, 0.15) is 44.1 Å². The van der Waals surface area contributed by atoms with Gasteiger partial charge in [-0.3, -0.25) is 14.3 Å². The van der Waals surface area contributed by atoms with E-state index >= 15 is 0 Å². The quantitative estimate of drug-likeness (QED) is 0.175. The predicted octanol–water partition coefficient (Wildman–Crippen LogP) is 6.23. The molecule has 1 unspecified atom stereocenters. The number of methoxy groups -OCH3 is 1. The third-order valence-corrected chi connectivity index (χ3v) is 9.63. The normalized spacial score (nSPS) is 16.5. The number of rotatable bonds is 7. The van der Waals surface area contributed by atoms with Gasteiger partial charge in [-0.1, -0.05) is 0 Å². The number of urea groups is 1. The molecule has 2 aliphatic heterocycles. The Morgan fingerprint density at radius 3 is 2.46 bits per heavy atom. The lowest BCUT2D eigenvalue weighted by molar-refractivity contribution is 0.0737. The maximum absolute atomic E-state index is 13.7. The van der Waals surface area contributed by atoms with Crippen molar-refractivity contribution >= 4 is 46.1 Å². The number of hydrogen-bond acceptors (Lipinski definition) is 7. The van der Waals surface area contributed by atoms with Crippen molar-refractivity contribution in [2.24, 2.45) is 7.05 Å². The van der Waals surface area contributed by atoms with Crippen molar-refractivity contribution in [3.63, 3.8) is 0 Å². The molecule has 3 amide bonds. The minimum atomic E-state index is -0.489. The molecule has 2 aliphatic rings. The van der Waals surface area contributed by atoms with Crippen LogP contribution < -0.4 is 20.1 Å². The number of aromatic nitrogens is 3. The molecule has 3 aromatic carbocycles. The Balaban J connectivity index is 1.08. The molecule has 1 fully saturated rings. The zero-order valence-electron chi connectivity index (χ0n) is 28.9. The molecule has 7 rings (SSSR count). The van der Waals surface area contributed by atoms with Gasteiger partial charge in [0.15, 0.2) is 5.76 Å². The number of nitrogens with one attached hydrogen (secondary N) is 3. The number of likely N-dealkylation sites (N-methyl/N-ethyl adjacent to an activating group) is 2. The van der Waals surface area contributed by atoms with E-state index in [-0.39, 0.29) is 23.5 Å². The molecule has 4 heterocycles. The first-order chi connectivity index (χ1) is 24.0. The number of nitrogens with zero attached hydrogens (tertiary/aromatic N) is 4. The molecular formula is C38H39N7O5. The molecule has 0 aliphatic carbocycles. The fraction of sp³-hybridized carbons (Fsp3) is 0.263. The van der Waals surface area contributed by atoms with Crippen molar-refractivity contribution in [1.82, 2.24) is 24.6 Å². The number of Topliss-reactive ketones (excluding diaryl/α,β-unsaturated/α-hetero) is 1. The van der Waals surface area contributed by atoms with Crippen LogP contribution in [0.25, 0.3) is 28.2 Å². The van der Waals surface area contributed by atoms with Crippen LogP contribution in [0.4, 0.5) is 16.2 Å². The molecule has 12 heteroatoms. The number of allylic oxidation sites excluding steroid dienone is 1. The number of carbonyl (C=O) groups is 3. The molecule has 3 N–H and O–H groups in total. The van der Waals surface area contributed by atoms with Crippen molar-refractivity contribution < 1.29 is 23.9 Å². The number of H-pyrrole nitrogens is 1. The molecule has 1 atom stereocenters. The van der Waals surface area contributed by atoms with Gasteiger partial charge in [0, 0.05) is 71.3 Å². The van der Waals surface area contributed by atoms with Gasteiger partial charge in [0.2, 0.25) is 5.78 Å². The Labute approximate surface area is 289 Å². The third kappa shape index (κ3) is 5.98. The molecule has 0 radical (unpaired) electrons. The Kier molecular flexibility index (Phi) is 8.40. The molecule has 0 saturated carbocycles. The lowest BCUT2D eigenvalue weighted by Crippen LogP contribution is -2.38. The predicted molar refractivity (Wildman–Crippen MR) is 193 cm³/mol. The molecule has 2 aromatic heterocycles. The van der Waals surface area contributed by atoms with Gasteiger partial charge in [-0.15, -0.1) is 0 Å². The van der Waals surface area contributed by atoms with Crippen LogP contribution in [-0.2, 0) is 7.05 Å². The number of aromatic amines is 1. The number of aryl methyl sites for hydroxylation is 2. The van der Waals surface area contributed by atoms with Crippen molar-refractivity contribution in [3.05, 3.63) is 94.5 Å². The summed E-state index contributed by atoms with van der Waals surface area (Å²) in [7, 11) is 7.40. The smallest absolute Gasteiger partial charge is 0.323 e. The van der Waals surface area contributed by atoms with Crippen LogP contribution in [-0.4, -0.2) is 82.6 Å². The summed E-state index contributed by atoms with van der Waals surface area (Å²) in [6.07, 6.45) is 2.70. The summed E-state index contributed by atoms with van der Waals surface area (Å²) in [6, 6.07) is 17.2. The average Bonchev–Trinajstić information content (AvgIpc) is 3.84. The van der Waals surface area contributed by atoms with E-state index in [1.807, 2.05) is 50.8 Å². The number of likely N-dealkylation sites (tertiary alicyclic amines) is 1. The number of carbonyl (C=O) groups excluding carboxylic acids is 3. The Hall–Kier alpha value is -5.88. The zero-order valence-corrected chi connectivity index (χ0v) is 28.9. The molecule has 5 aromatic rings. The van der Waals surface area contributed by atoms with Gasteiger partial charge in [-0.2, -0.15) is 5.10 Å². The Morgan fingerprint density at radius 2 is 1.78 bits per heavy atom. The maximum Gasteiger partial charge on any atom is 0.323 e. The summed E-state index contributed by atoms with van der Waals surface area (Å²) in [4.78, 5) is 47.2. The van der Waals surface area contributed by atoms with Crippen LogP contribution in [0.2, 0.25) is 0 Å². The highest BCUT2D eigenvalue weighted by molar-refractivity contribution is 6.16. The number of anilines is 2. The van der Waals surface area contributed by atoms with Crippen molar-refractivity contribution in [2.45, 2.75) is 26.3 Å². The van der Waals surface area contributed by atoms with Crippen LogP contribution in [0.5, 0.6) is 11.5 Å². The first kappa shape index (κ1) is 32.7. The summed E-state index contributed by atoms with van der Waals surface area (Å²) >= 11 is 0. The first-order valence-corrected chi connectivity index (χ1v) is 16.4. The first-order valence-electron chi connectivity index (χ1n) is 16.4. The summed E-state index contributed by atoms with van der Waals surface area (Å²) < 4.78 is 13.4. The number of ether oxygens (including phenoxy) is 2. The summed E-state index contributed by atoms with van der Waals surface area (Å²) in [5.74, 6) is 0.882. The zero-order chi connectivity index (χ0) is 35.3. The lowest BCUT2D eigenvalue weighted by Gasteiger charge is -2.24. The molecule has 256 valence electrons. The standard InChI is InChI=1S/C38H39N7O5/c1-21-34(22(2)45(5)42-21)35-29(28-18-27(49-6)12-13-31(28)41-35)19-33-36(46)30-17-25(11-14-32(30)50-33)40-38(48)39-24-9-7-23(8-10-24)37(47)44(4)26-15-16-43(3)20-26/h7-14,17-19,26,41H,15-16,20H2,1-6H3,(H2,39,40,48)/b33-19-. The minimum Gasteiger partial charge on any atom is -0.497 e. The number of ketones is 1. The average molecular weight is 674 g/mol. The second-order valence-corrected chi connectivity index (χ2v) is 12.9. The van der Waals surface area contributed by atoms with Gasteiger partial charge in [0.1, 0.15) is 11.5 Å². The van der Waals surface area contributed by atoms with Crippen LogP contribution >= 0.6 is 0 Å². The fourth-order valence-electron chi connectivity index (χ4n) is 6.79. The van der Waals surface area contributed by atoms with Gasteiger partial charge >= 0.3 is 6.03 Å². The number of hydrogen-bond donors (Lipinski definition) is 3. The van der Waals surface area contributed by atoms with E-state index in [4.69, 9.17) is 9.47 Å². The summed E-state index contributed by atoms with van der Waals surface area (Å²) in [5.41, 5.74) is 7.08. The van der Waals surface area contributed by atoms with Gasteiger partial charge < -0.3 is 34.9 Å². The molecule has 0 spiro atoms. The van der Waals surface area contributed by atoms with Crippen LogP contribution in [0.15, 0.2) is 66.4 Å². The monoisotopic (exact) mass is 673 g/mol. The van der Waals surface area contributed by atoms with Crippen LogP contribution in [0.3, 0.4) is 0 Å². The highest BCUT2D eigenvalue weighted by atomic mass is 16.5. The number of fused-ring (bicyclic) bond motifs is 2. The van der Waals surface area contributed by atoms with E-state index in [0.29, 0.717) is 34.0 Å². The lowest BCUT2D eigenvalue weighted by atomic mass is 10.0. The highest BCUT2D eigenvalue weighted by Crippen LogP contribution is 2.39. The third-order valence-electron chi connectivity index (χ3n) is 9.63. The summed E-state index contributed by atoms with van der Waals surface area (Å²) in [6.45, 7) is 5.78. The number of benzene rings is 3. The maximum atomic E-state index is 13.7. The Morgan fingerprint density at radius 1 is 1.04 bits per heavy atom. The molecule has 12 nitrogen and oxygen atoms in total. The van der Waals surface area contributed by atoms with Crippen molar-refractivity contribution in [2.75, 3.05) is 44.9 Å². The van der Waals surface area contributed by atoms with Gasteiger partial charge in [-0.25, -0.2) is 4.79 Å². The van der Waals surface area contributed by atoms with E-state index in [0.717, 1.165) is 58.6 Å². The minimum absolute atomic E-state index is 0.0531. The topological polar surface area (TPSA) is 134 Å². The van der Waals surface area contributed by atoms with Gasteiger partial charge in [0.05, 0.1) is 24.1 Å². The van der Waals surface area contributed by atoms with Gasteiger partial charge in [-0.05, 0) is 101 Å². The van der Waals surface area contributed by atoms with E-state index in [2.05, 4.69) is 32.7 Å². The van der Waals surface area contributed by atoms with E-state index in [1.165, 1.54) is 0 Å². The van der Waals surface area contributed by atoms with Crippen molar-refractivity contribution in [3.8, 4) is 22.8 Å². The SMILES string of the molecule is COc1ccc2[nH]c(-c3c(C)nn(C)c3C)c(/C=C3\Oc4ccc(NC(=O)Nc5ccc(C(=O)N(C)C6CCN(C)C6)cc5)cc4C3=O)c2c1. The van der Waals surface area contributed by atoms with E-state index in [9.17, 15) is 14.4 Å². The van der Waals surface area contributed by atoms with E-state index < -0.39 is 6.03 Å². The second-order valence-electron chi connectivity index (χ2n) is 12.9. The fourth-order valence-corrected chi connectivity index (χ4v) is 6.79. The van der Waals surface area contributed by atoms with Crippen LogP contribution in [0, 0.1) is 13.8 Å². The largest absolute Gasteiger partial charge is 0.497 e. The Bertz CT molecular complexity index is 2200. The van der Waals surface area contributed by atoms with Crippen molar-refractivity contribution in [1.29, 1.82) is 0 Å². The molecular weight excluding hydrogens is 634 g/mol. The number of amides is 3. The molecule has 1 saturated heterocycles. The summed E-state index contributed by atoms with van der Waals surface area (Å²) in [5, 5.41) is 11.1. The molecule has 0 bridgehead atoms. The van der Waals surface area contributed by atoms with Gasteiger partial charge in [0.25, 0.3) is 5.91 Å². The second kappa shape index (κ2) is 12.9.